The van der Waals surface area contributed by atoms with Gasteiger partial charge in [0, 0.05) is 24.6 Å². The van der Waals surface area contributed by atoms with E-state index in [-0.39, 0.29) is 16.7 Å². The van der Waals surface area contributed by atoms with Crippen LogP contribution in [0.1, 0.15) is 36.5 Å². The third-order valence-corrected chi connectivity index (χ3v) is 5.26. The van der Waals surface area contributed by atoms with Gasteiger partial charge in [-0.3, -0.25) is 4.79 Å². The molecule has 0 aromatic heterocycles. The summed E-state index contributed by atoms with van der Waals surface area (Å²) in [4.78, 5) is 11.9. The van der Waals surface area contributed by atoms with Crippen LogP contribution < -0.4 is 0 Å². The van der Waals surface area contributed by atoms with Crippen LogP contribution >= 0.6 is 0 Å². The molecular weight excluding hydrogens is 274 g/mol. The average Bonchev–Trinajstić information content (AvgIpc) is 3.28. The quantitative estimate of drug-likeness (QED) is 0.573. The standard InChI is InChI=1S/C15H19NO3S/c1-3-10-16(13-8-9-13)20(18,19)14-7-5-6-12(11-14)15(17)4-2/h3,5-7,11,13H,1,4,8-10H2,2H3. The molecule has 1 aliphatic rings. The monoisotopic (exact) mass is 293 g/mol. The SMILES string of the molecule is C=CCN(C1CC1)S(=O)(=O)c1cccc(C(=O)CC)c1. The van der Waals surface area contributed by atoms with Crippen molar-refractivity contribution >= 4 is 15.8 Å². The number of hydrogen-bond acceptors (Lipinski definition) is 3. The summed E-state index contributed by atoms with van der Waals surface area (Å²) in [5, 5.41) is 0. The molecule has 0 unspecified atom stereocenters. The summed E-state index contributed by atoms with van der Waals surface area (Å²) in [7, 11) is -3.55. The molecule has 0 atom stereocenters. The molecule has 0 bridgehead atoms. The first-order valence-electron chi connectivity index (χ1n) is 6.76. The maximum Gasteiger partial charge on any atom is 0.243 e. The predicted molar refractivity (Wildman–Crippen MR) is 78.2 cm³/mol. The summed E-state index contributed by atoms with van der Waals surface area (Å²) in [6.45, 7) is 5.68. The van der Waals surface area contributed by atoms with Gasteiger partial charge < -0.3 is 0 Å². The molecule has 0 radical (unpaired) electrons. The molecule has 2 rings (SSSR count). The molecule has 20 heavy (non-hydrogen) atoms. The van der Waals surface area contributed by atoms with E-state index >= 15 is 0 Å². The Bertz CT molecular complexity index is 618. The molecule has 108 valence electrons. The third kappa shape index (κ3) is 2.99. The van der Waals surface area contributed by atoms with Crippen molar-refractivity contribution in [3.8, 4) is 0 Å². The molecule has 0 heterocycles. The predicted octanol–water partition coefficient (Wildman–Crippen LogP) is 2.62. The Kier molecular flexibility index (Phi) is 4.40. The van der Waals surface area contributed by atoms with Gasteiger partial charge in [0.1, 0.15) is 0 Å². The fourth-order valence-corrected chi connectivity index (χ4v) is 3.80. The highest BCUT2D eigenvalue weighted by atomic mass is 32.2. The Balaban J connectivity index is 2.37. The minimum absolute atomic E-state index is 0.0521. The normalized spacial score (nSPS) is 15.3. The third-order valence-electron chi connectivity index (χ3n) is 3.35. The first kappa shape index (κ1) is 14.9. The molecule has 0 aliphatic heterocycles. The van der Waals surface area contributed by atoms with Gasteiger partial charge >= 0.3 is 0 Å². The van der Waals surface area contributed by atoms with Crippen LogP contribution in [-0.4, -0.2) is 31.1 Å². The molecule has 1 aliphatic carbocycles. The molecule has 1 fully saturated rings. The van der Waals surface area contributed by atoms with Gasteiger partial charge in [-0.05, 0) is 25.0 Å². The summed E-state index contributed by atoms with van der Waals surface area (Å²) in [5.74, 6) is -0.0521. The second-order valence-electron chi connectivity index (χ2n) is 4.90. The largest absolute Gasteiger partial charge is 0.294 e. The van der Waals surface area contributed by atoms with Crippen LogP contribution in [0.5, 0.6) is 0 Å². The van der Waals surface area contributed by atoms with E-state index in [9.17, 15) is 13.2 Å². The van der Waals surface area contributed by atoms with Gasteiger partial charge in [-0.25, -0.2) is 8.42 Å². The summed E-state index contributed by atoms with van der Waals surface area (Å²) in [5.41, 5.74) is 0.447. The number of Topliss-reactive ketones (excluding diaryl/α,β-unsaturated/α-hetero) is 1. The maximum absolute atomic E-state index is 12.6. The zero-order chi connectivity index (χ0) is 14.8. The lowest BCUT2D eigenvalue weighted by molar-refractivity contribution is 0.0988. The number of sulfonamides is 1. The maximum atomic E-state index is 12.6. The van der Waals surface area contributed by atoms with E-state index in [1.165, 1.54) is 10.4 Å². The molecule has 1 aromatic rings. The van der Waals surface area contributed by atoms with Gasteiger partial charge in [0.05, 0.1) is 4.90 Å². The molecule has 1 saturated carbocycles. The molecule has 0 spiro atoms. The zero-order valence-corrected chi connectivity index (χ0v) is 12.4. The van der Waals surface area contributed by atoms with E-state index in [0.29, 0.717) is 18.5 Å². The van der Waals surface area contributed by atoms with Crippen molar-refractivity contribution in [1.29, 1.82) is 0 Å². The fourth-order valence-electron chi connectivity index (χ4n) is 2.10. The first-order valence-corrected chi connectivity index (χ1v) is 8.20. The number of nitrogens with zero attached hydrogens (tertiary/aromatic N) is 1. The zero-order valence-electron chi connectivity index (χ0n) is 11.6. The van der Waals surface area contributed by atoms with Gasteiger partial charge in [0.25, 0.3) is 0 Å². The van der Waals surface area contributed by atoms with Crippen LogP contribution in [0.4, 0.5) is 0 Å². The summed E-state index contributed by atoms with van der Waals surface area (Å²) >= 11 is 0. The van der Waals surface area contributed by atoms with E-state index in [1.807, 2.05) is 0 Å². The average molecular weight is 293 g/mol. The summed E-state index contributed by atoms with van der Waals surface area (Å²) in [6.07, 6.45) is 3.74. The van der Waals surface area contributed by atoms with Gasteiger partial charge in [0.2, 0.25) is 10.0 Å². The van der Waals surface area contributed by atoms with Crippen LogP contribution in [0.2, 0.25) is 0 Å². The second-order valence-corrected chi connectivity index (χ2v) is 6.79. The fraction of sp³-hybridized carbons (Fsp3) is 0.400. The molecule has 1 aromatic carbocycles. The minimum atomic E-state index is -3.55. The molecule has 0 N–H and O–H groups in total. The van der Waals surface area contributed by atoms with Crippen molar-refractivity contribution in [3.05, 3.63) is 42.5 Å². The number of benzene rings is 1. The lowest BCUT2D eigenvalue weighted by Gasteiger charge is -2.20. The highest BCUT2D eigenvalue weighted by Crippen LogP contribution is 2.32. The highest BCUT2D eigenvalue weighted by molar-refractivity contribution is 7.89. The number of hydrogen-bond donors (Lipinski definition) is 0. The Labute approximate surface area is 120 Å². The molecular formula is C15H19NO3S. The highest BCUT2D eigenvalue weighted by Gasteiger charge is 2.37. The number of rotatable bonds is 7. The molecule has 0 amide bonds. The van der Waals surface area contributed by atoms with Crippen molar-refractivity contribution in [2.45, 2.75) is 37.1 Å². The van der Waals surface area contributed by atoms with Gasteiger partial charge in [-0.1, -0.05) is 25.1 Å². The Morgan fingerprint density at radius 1 is 1.45 bits per heavy atom. The smallest absolute Gasteiger partial charge is 0.243 e. The lowest BCUT2D eigenvalue weighted by Crippen LogP contribution is -2.33. The van der Waals surface area contributed by atoms with Crippen LogP contribution in [0, 0.1) is 0 Å². The van der Waals surface area contributed by atoms with E-state index in [1.54, 1.807) is 31.2 Å². The first-order chi connectivity index (χ1) is 9.50. The minimum Gasteiger partial charge on any atom is -0.294 e. The van der Waals surface area contributed by atoms with Crippen LogP contribution in [-0.2, 0) is 10.0 Å². The van der Waals surface area contributed by atoms with Crippen molar-refractivity contribution < 1.29 is 13.2 Å². The van der Waals surface area contributed by atoms with Crippen LogP contribution in [0.3, 0.4) is 0 Å². The Morgan fingerprint density at radius 2 is 2.15 bits per heavy atom. The molecule has 4 nitrogen and oxygen atoms in total. The van der Waals surface area contributed by atoms with E-state index in [0.717, 1.165) is 12.8 Å². The summed E-state index contributed by atoms with van der Waals surface area (Å²) in [6, 6.07) is 6.36. The van der Waals surface area contributed by atoms with Crippen molar-refractivity contribution in [1.82, 2.24) is 4.31 Å². The Morgan fingerprint density at radius 3 is 2.70 bits per heavy atom. The second kappa shape index (κ2) is 5.89. The van der Waals surface area contributed by atoms with Crippen molar-refractivity contribution in [2.24, 2.45) is 0 Å². The van der Waals surface area contributed by atoms with Crippen molar-refractivity contribution in [2.75, 3.05) is 6.54 Å². The van der Waals surface area contributed by atoms with Gasteiger partial charge in [-0.15, -0.1) is 6.58 Å². The van der Waals surface area contributed by atoms with E-state index in [4.69, 9.17) is 0 Å². The molecule has 0 saturated heterocycles. The van der Waals surface area contributed by atoms with Crippen LogP contribution in [0.25, 0.3) is 0 Å². The van der Waals surface area contributed by atoms with E-state index < -0.39 is 10.0 Å². The Hall–Kier alpha value is -1.46. The summed E-state index contributed by atoms with van der Waals surface area (Å²) < 4.78 is 26.7. The number of carbonyl (C=O) groups excluding carboxylic acids is 1. The van der Waals surface area contributed by atoms with Crippen LogP contribution in [0.15, 0.2) is 41.8 Å². The van der Waals surface area contributed by atoms with Gasteiger partial charge in [0.15, 0.2) is 5.78 Å². The molecule has 5 heteroatoms. The topological polar surface area (TPSA) is 54.5 Å². The van der Waals surface area contributed by atoms with E-state index in [2.05, 4.69) is 6.58 Å². The lowest BCUT2D eigenvalue weighted by atomic mass is 10.1. The number of ketones is 1. The van der Waals surface area contributed by atoms with Gasteiger partial charge in [-0.2, -0.15) is 4.31 Å². The number of carbonyl (C=O) groups is 1. The van der Waals surface area contributed by atoms with Crippen molar-refractivity contribution in [3.63, 3.8) is 0 Å².